The van der Waals surface area contributed by atoms with Crippen molar-refractivity contribution in [1.29, 1.82) is 0 Å². The number of aryl methyl sites for hydroxylation is 1. The molecule has 3 nitrogen and oxygen atoms in total. The molecule has 0 saturated heterocycles. The van der Waals surface area contributed by atoms with Crippen LogP contribution in [0.25, 0.3) is 0 Å². The van der Waals surface area contributed by atoms with Gasteiger partial charge in [-0.25, -0.2) is 0 Å². The van der Waals surface area contributed by atoms with Crippen molar-refractivity contribution in [2.45, 2.75) is 25.9 Å². The third-order valence-electron chi connectivity index (χ3n) is 1.54. The van der Waals surface area contributed by atoms with Crippen molar-refractivity contribution in [2.24, 2.45) is 7.05 Å². The van der Waals surface area contributed by atoms with Crippen molar-refractivity contribution in [1.82, 2.24) is 9.78 Å². The van der Waals surface area contributed by atoms with Crippen LogP contribution in [0.1, 0.15) is 19.5 Å². The molecular weight excluding hydrogens is 140 g/mol. The van der Waals surface area contributed by atoms with Gasteiger partial charge in [0.2, 0.25) is 0 Å². The Balaban J connectivity index is 2.72. The molecule has 0 radical (unpaired) electrons. The molecule has 1 rings (SSSR count). The predicted molar refractivity (Wildman–Crippen MR) is 43.2 cm³/mol. The second kappa shape index (κ2) is 2.66. The zero-order chi connectivity index (χ0) is 8.48. The summed E-state index contributed by atoms with van der Waals surface area (Å²) in [4.78, 5) is 0. The number of nitrogens with zero attached hydrogens (tertiary/aromatic N) is 2. The summed E-state index contributed by atoms with van der Waals surface area (Å²) in [5.74, 6) is 0. The van der Waals surface area contributed by atoms with Crippen LogP contribution < -0.4 is 0 Å². The van der Waals surface area contributed by atoms with Gasteiger partial charge in [-0.2, -0.15) is 5.10 Å². The Morgan fingerprint density at radius 2 is 2.27 bits per heavy atom. The highest BCUT2D eigenvalue weighted by Gasteiger charge is 2.14. The van der Waals surface area contributed by atoms with E-state index in [1.807, 2.05) is 13.1 Å². The number of aliphatic hydroxyl groups is 1. The molecule has 0 unspecified atom stereocenters. The SMILES string of the molecule is Cn1nccc1CC(C)(C)O. The minimum Gasteiger partial charge on any atom is -0.390 e. The predicted octanol–water partition coefficient (Wildman–Crippen LogP) is 0.733. The highest BCUT2D eigenvalue weighted by atomic mass is 16.3. The summed E-state index contributed by atoms with van der Waals surface area (Å²) in [5.41, 5.74) is 0.408. The number of hydrogen-bond donors (Lipinski definition) is 1. The summed E-state index contributed by atoms with van der Waals surface area (Å²) in [6, 6.07) is 1.91. The summed E-state index contributed by atoms with van der Waals surface area (Å²) in [6.07, 6.45) is 2.38. The zero-order valence-corrected chi connectivity index (χ0v) is 7.20. The van der Waals surface area contributed by atoms with Gasteiger partial charge >= 0.3 is 0 Å². The Morgan fingerprint density at radius 1 is 1.64 bits per heavy atom. The average Bonchev–Trinajstić information content (AvgIpc) is 2.12. The van der Waals surface area contributed by atoms with E-state index in [1.165, 1.54) is 0 Å². The van der Waals surface area contributed by atoms with E-state index in [-0.39, 0.29) is 0 Å². The van der Waals surface area contributed by atoms with Crippen LogP contribution in [0, 0.1) is 0 Å². The van der Waals surface area contributed by atoms with Crippen molar-refractivity contribution in [3.8, 4) is 0 Å². The van der Waals surface area contributed by atoms with Gasteiger partial charge in [-0.15, -0.1) is 0 Å². The monoisotopic (exact) mass is 154 g/mol. The summed E-state index contributed by atoms with van der Waals surface area (Å²) < 4.78 is 1.78. The highest BCUT2D eigenvalue weighted by molar-refractivity contribution is 5.03. The van der Waals surface area contributed by atoms with Gasteiger partial charge in [0, 0.05) is 25.4 Å². The Bertz CT molecular complexity index is 234. The summed E-state index contributed by atoms with van der Waals surface area (Å²) in [5, 5.41) is 13.5. The second-order valence-corrected chi connectivity index (χ2v) is 3.44. The molecule has 62 valence electrons. The van der Waals surface area contributed by atoms with Gasteiger partial charge in [0.15, 0.2) is 0 Å². The maximum atomic E-state index is 9.47. The smallest absolute Gasteiger partial charge is 0.0646 e. The molecule has 1 heterocycles. The van der Waals surface area contributed by atoms with E-state index in [4.69, 9.17) is 0 Å². The van der Waals surface area contributed by atoms with E-state index in [9.17, 15) is 5.11 Å². The third kappa shape index (κ3) is 2.35. The Kier molecular flexibility index (Phi) is 2.00. The molecule has 3 heteroatoms. The molecule has 0 aliphatic rings. The van der Waals surface area contributed by atoms with Gasteiger partial charge in [0.05, 0.1) is 5.60 Å². The summed E-state index contributed by atoms with van der Waals surface area (Å²) in [7, 11) is 1.88. The normalized spacial score (nSPS) is 12.0. The van der Waals surface area contributed by atoms with Crippen molar-refractivity contribution < 1.29 is 5.11 Å². The topological polar surface area (TPSA) is 38.0 Å². The molecular formula is C8H14N2O. The van der Waals surface area contributed by atoms with Crippen LogP contribution in [-0.4, -0.2) is 20.5 Å². The Labute approximate surface area is 66.7 Å². The van der Waals surface area contributed by atoms with E-state index in [0.717, 1.165) is 5.69 Å². The third-order valence-corrected chi connectivity index (χ3v) is 1.54. The standard InChI is InChI=1S/C8H14N2O/c1-8(2,11)6-7-4-5-9-10(7)3/h4-5,11H,6H2,1-3H3. The molecule has 0 amide bonds. The average molecular weight is 154 g/mol. The van der Waals surface area contributed by atoms with Crippen LogP contribution in [0.15, 0.2) is 12.3 Å². The first kappa shape index (κ1) is 8.27. The first-order chi connectivity index (χ1) is 4.99. The second-order valence-electron chi connectivity index (χ2n) is 3.44. The lowest BCUT2D eigenvalue weighted by Crippen LogP contribution is -2.23. The highest BCUT2D eigenvalue weighted by Crippen LogP contribution is 2.10. The molecule has 0 bridgehead atoms. The lowest BCUT2D eigenvalue weighted by Gasteiger charge is -2.16. The van der Waals surface area contributed by atoms with Crippen LogP contribution in [0.5, 0.6) is 0 Å². The fourth-order valence-corrected chi connectivity index (χ4v) is 1.02. The fraction of sp³-hybridized carbons (Fsp3) is 0.625. The van der Waals surface area contributed by atoms with Crippen molar-refractivity contribution >= 4 is 0 Å². The number of rotatable bonds is 2. The fourth-order valence-electron chi connectivity index (χ4n) is 1.02. The van der Waals surface area contributed by atoms with Gasteiger partial charge in [-0.1, -0.05) is 0 Å². The molecule has 0 aliphatic carbocycles. The Morgan fingerprint density at radius 3 is 2.64 bits per heavy atom. The summed E-state index contributed by atoms with van der Waals surface area (Å²) in [6.45, 7) is 3.58. The largest absolute Gasteiger partial charge is 0.390 e. The summed E-state index contributed by atoms with van der Waals surface area (Å²) >= 11 is 0. The molecule has 0 fully saturated rings. The van der Waals surface area contributed by atoms with Crippen LogP contribution in [0.4, 0.5) is 0 Å². The molecule has 0 atom stereocenters. The lowest BCUT2D eigenvalue weighted by molar-refractivity contribution is 0.0789. The first-order valence-corrected chi connectivity index (χ1v) is 3.68. The molecule has 1 aromatic rings. The van der Waals surface area contributed by atoms with E-state index in [1.54, 1.807) is 24.7 Å². The van der Waals surface area contributed by atoms with Gasteiger partial charge in [-0.3, -0.25) is 4.68 Å². The first-order valence-electron chi connectivity index (χ1n) is 3.68. The van der Waals surface area contributed by atoms with Crippen LogP contribution in [0.3, 0.4) is 0 Å². The van der Waals surface area contributed by atoms with Gasteiger partial charge in [0.1, 0.15) is 0 Å². The van der Waals surface area contributed by atoms with Gasteiger partial charge in [-0.05, 0) is 19.9 Å². The lowest BCUT2D eigenvalue weighted by atomic mass is 10.0. The molecule has 0 saturated carbocycles. The molecule has 1 N–H and O–H groups in total. The van der Waals surface area contributed by atoms with Crippen LogP contribution >= 0.6 is 0 Å². The number of aromatic nitrogens is 2. The quantitative estimate of drug-likeness (QED) is 0.682. The van der Waals surface area contributed by atoms with E-state index >= 15 is 0 Å². The molecule has 11 heavy (non-hydrogen) atoms. The maximum absolute atomic E-state index is 9.47. The molecule has 0 aliphatic heterocycles. The maximum Gasteiger partial charge on any atom is 0.0646 e. The van der Waals surface area contributed by atoms with E-state index in [2.05, 4.69) is 5.10 Å². The van der Waals surface area contributed by atoms with E-state index < -0.39 is 5.60 Å². The zero-order valence-electron chi connectivity index (χ0n) is 7.20. The van der Waals surface area contributed by atoms with Crippen molar-refractivity contribution in [2.75, 3.05) is 0 Å². The minimum atomic E-state index is -0.645. The van der Waals surface area contributed by atoms with Crippen LogP contribution in [-0.2, 0) is 13.5 Å². The van der Waals surface area contributed by atoms with Crippen LogP contribution in [0.2, 0.25) is 0 Å². The molecule has 0 aromatic carbocycles. The van der Waals surface area contributed by atoms with Crippen molar-refractivity contribution in [3.05, 3.63) is 18.0 Å². The molecule has 1 aromatic heterocycles. The number of hydrogen-bond acceptors (Lipinski definition) is 2. The van der Waals surface area contributed by atoms with E-state index in [0.29, 0.717) is 6.42 Å². The van der Waals surface area contributed by atoms with Gasteiger partial charge < -0.3 is 5.11 Å². The Hall–Kier alpha value is -0.830. The molecule has 0 spiro atoms. The van der Waals surface area contributed by atoms with Crippen molar-refractivity contribution in [3.63, 3.8) is 0 Å². The van der Waals surface area contributed by atoms with Gasteiger partial charge in [0.25, 0.3) is 0 Å². The minimum absolute atomic E-state index is 0.642.